The Balaban J connectivity index is 1.07. The zero-order valence-corrected chi connectivity index (χ0v) is 31.5. The lowest BCUT2D eigenvalue weighted by atomic mass is 9.84. The summed E-state index contributed by atoms with van der Waals surface area (Å²) in [6.45, 7) is 7.58. The third-order valence-corrected chi connectivity index (χ3v) is 11.5. The number of nitrogens with zero attached hydrogens (tertiary/aromatic N) is 1. The van der Waals surface area contributed by atoms with E-state index < -0.39 is 0 Å². The summed E-state index contributed by atoms with van der Waals surface area (Å²) < 4.78 is 2.42. The molecule has 0 aliphatic carbocycles. The van der Waals surface area contributed by atoms with E-state index in [0.717, 1.165) is 6.54 Å². The van der Waals surface area contributed by atoms with Crippen molar-refractivity contribution in [2.75, 3.05) is 0 Å². The van der Waals surface area contributed by atoms with Gasteiger partial charge in [0.2, 0.25) is 0 Å². The molecular weight excluding hydrogens is 663 g/mol. The predicted octanol–water partition coefficient (Wildman–Crippen LogP) is 15.1. The normalized spacial score (nSPS) is 11.6. The molecule has 262 valence electrons. The first-order valence-electron chi connectivity index (χ1n) is 19.4. The van der Waals surface area contributed by atoms with Crippen molar-refractivity contribution in [2.45, 2.75) is 27.3 Å². The highest BCUT2D eigenvalue weighted by Crippen LogP contribution is 2.45. The minimum atomic E-state index is 0.951. The zero-order valence-electron chi connectivity index (χ0n) is 31.5. The molecule has 0 unspecified atom stereocenters. The first-order chi connectivity index (χ1) is 27.0. The lowest BCUT2D eigenvalue weighted by Crippen LogP contribution is -1.93. The van der Waals surface area contributed by atoms with E-state index in [1.54, 1.807) is 0 Å². The number of para-hydroxylation sites is 1. The topological polar surface area (TPSA) is 4.93 Å². The standard InChI is InChI=1S/C54H41N/c1-4-55-51-13-9-8-12-45(51)48-34-44(28-31-52(48)55)41-22-26-43(27-23-41)54-47-30-15-35(2)32-49(47)53(46-29-14-36(3)33-50(46)54)42-24-20-40(21-25-42)39-18-16-38(17-19-39)37-10-6-5-7-11-37/h5-34H,4H2,1-3H3. The molecule has 1 nitrogen and oxygen atoms in total. The smallest absolute Gasteiger partial charge is 0.0491 e. The van der Waals surface area contributed by atoms with Crippen LogP contribution in [0.25, 0.3) is 99.0 Å². The van der Waals surface area contributed by atoms with Crippen LogP contribution in [0.2, 0.25) is 0 Å². The van der Waals surface area contributed by atoms with Crippen molar-refractivity contribution in [1.29, 1.82) is 0 Å². The lowest BCUT2D eigenvalue weighted by Gasteiger charge is -2.19. The minimum Gasteiger partial charge on any atom is -0.341 e. The van der Waals surface area contributed by atoms with E-state index in [-0.39, 0.29) is 0 Å². The fraction of sp³-hybridized carbons (Fsp3) is 0.0741. The van der Waals surface area contributed by atoms with Gasteiger partial charge < -0.3 is 4.57 Å². The molecule has 0 bridgehead atoms. The van der Waals surface area contributed by atoms with Gasteiger partial charge in [-0.05, 0) is 116 Å². The van der Waals surface area contributed by atoms with Gasteiger partial charge in [0.15, 0.2) is 0 Å². The molecule has 1 heterocycles. The van der Waals surface area contributed by atoms with Crippen molar-refractivity contribution in [1.82, 2.24) is 4.57 Å². The zero-order chi connectivity index (χ0) is 37.0. The van der Waals surface area contributed by atoms with Gasteiger partial charge in [-0.1, -0.05) is 175 Å². The highest BCUT2D eigenvalue weighted by Gasteiger charge is 2.18. The Hall–Kier alpha value is -6.70. The fourth-order valence-corrected chi connectivity index (χ4v) is 8.80. The van der Waals surface area contributed by atoms with Crippen molar-refractivity contribution >= 4 is 43.4 Å². The van der Waals surface area contributed by atoms with Crippen molar-refractivity contribution in [3.8, 4) is 55.6 Å². The Bertz CT molecular complexity index is 3040. The number of aryl methyl sites for hydroxylation is 3. The van der Waals surface area contributed by atoms with E-state index in [4.69, 9.17) is 0 Å². The van der Waals surface area contributed by atoms with Gasteiger partial charge >= 0.3 is 0 Å². The molecule has 0 N–H and O–H groups in total. The van der Waals surface area contributed by atoms with Crippen molar-refractivity contribution < 1.29 is 0 Å². The Morgan fingerprint density at radius 3 is 1.25 bits per heavy atom. The number of rotatable bonds is 6. The molecule has 10 aromatic rings. The molecule has 55 heavy (non-hydrogen) atoms. The minimum absolute atomic E-state index is 0.951. The molecule has 1 heteroatoms. The Morgan fingerprint density at radius 2 is 0.727 bits per heavy atom. The van der Waals surface area contributed by atoms with Crippen LogP contribution in [0.1, 0.15) is 18.1 Å². The number of benzene rings is 9. The lowest BCUT2D eigenvalue weighted by molar-refractivity contribution is 0.827. The average molecular weight is 704 g/mol. The molecule has 0 atom stereocenters. The first kappa shape index (κ1) is 32.9. The second kappa shape index (κ2) is 13.3. The van der Waals surface area contributed by atoms with Gasteiger partial charge in [-0.3, -0.25) is 0 Å². The summed E-state index contributed by atoms with van der Waals surface area (Å²) in [4.78, 5) is 0. The summed E-state index contributed by atoms with van der Waals surface area (Å²) in [6, 6.07) is 67.5. The van der Waals surface area contributed by atoms with Gasteiger partial charge in [0.25, 0.3) is 0 Å². The van der Waals surface area contributed by atoms with Crippen molar-refractivity contribution in [3.05, 3.63) is 193 Å². The van der Waals surface area contributed by atoms with Crippen LogP contribution in [-0.2, 0) is 6.54 Å². The number of hydrogen-bond donors (Lipinski definition) is 0. The molecule has 0 aliphatic rings. The SMILES string of the molecule is CCn1c2ccccc2c2cc(-c3ccc(-c4c5ccc(C)cc5c(-c5ccc(-c6ccc(-c7ccccc7)cc6)cc5)c5ccc(C)cc45)cc3)ccc21. The highest BCUT2D eigenvalue weighted by molar-refractivity contribution is 6.21. The maximum absolute atomic E-state index is 2.42. The van der Waals surface area contributed by atoms with E-state index in [2.05, 4.69) is 207 Å². The average Bonchev–Trinajstić information content (AvgIpc) is 3.56. The Labute approximate surface area is 322 Å². The maximum atomic E-state index is 2.42. The maximum Gasteiger partial charge on any atom is 0.0491 e. The van der Waals surface area contributed by atoms with E-state index in [9.17, 15) is 0 Å². The predicted molar refractivity (Wildman–Crippen MR) is 237 cm³/mol. The fourth-order valence-electron chi connectivity index (χ4n) is 8.80. The molecule has 0 saturated carbocycles. The summed E-state index contributed by atoms with van der Waals surface area (Å²) in [5.74, 6) is 0. The van der Waals surface area contributed by atoms with Crippen LogP contribution in [-0.4, -0.2) is 4.57 Å². The second-order valence-corrected chi connectivity index (χ2v) is 14.9. The molecule has 0 saturated heterocycles. The third kappa shape index (κ3) is 5.63. The molecule has 9 aromatic carbocycles. The molecular formula is C54H41N. The molecule has 0 amide bonds. The van der Waals surface area contributed by atoms with Crippen molar-refractivity contribution in [2.24, 2.45) is 0 Å². The quantitative estimate of drug-likeness (QED) is 0.152. The van der Waals surface area contributed by atoms with Crippen LogP contribution in [0, 0.1) is 13.8 Å². The number of aromatic nitrogens is 1. The second-order valence-electron chi connectivity index (χ2n) is 14.9. The van der Waals surface area contributed by atoms with E-state index >= 15 is 0 Å². The highest BCUT2D eigenvalue weighted by atomic mass is 15.0. The van der Waals surface area contributed by atoms with E-state index in [0.29, 0.717) is 0 Å². The first-order valence-corrected chi connectivity index (χ1v) is 19.4. The summed E-state index contributed by atoms with van der Waals surface area (Å²) in [5.41, 5.74) is 17.5. The number of fused-ring (bicyclic) bond motifs is 5. The van der Waals surface area contributed by atoms with Crippen LogP contribution in [0.3, 0.4) is 0 Å². The van der Waals surface area contributed by atoms with E-state index in [1.165, 1.54) is 110 Å². The molecule has 1 aromatic heterocycles. The summed E-state index contributed by atoms with van der Waals surface area (Å²) in [7, 11) is 0. The number of hydrogen-bond acceptors (Lipinski definition) is 0. The van der Waals surface area contributed by atoms with Gasteiger partial charge in [-0.25, -0.2) is 0 Å². The molecule has 0 fully saturated rings. The van der Waals surface area contributed by atoms with Gasteiger partial charge in [-0.15, -0.1) is 0 Å². The Kier molecular flexibility index (Phi) is 7.96. The van der Waals surface area contributed by atoms with Crippen LogP contribution in [0.5, 0.6) is 0 Å². The van der Waals surface area contributed by atoms with Crippen LogP contribution < -0.4 is 0 Å². The van der Waals surface area contributed by atoms with Crippen molar-refractivity contribution in [3.63, 3.8) is 0 Å². The monoisotopic (exact) mass is 703 g/mol. The summed E-state index contributed by atoms with van der Waals surface area (Å²) in [6.07, 6.45) is 0. The van der Waals surface area contributed by atoms with Crippen LogP contribution in [0.15, 0.2) is 182 Å². The van der Waals surface area contributed by atoms with Gasteiger partial charge in [-0.2, -0.15) is 0 Å². The van der Waals surface area contributed by atoms with E-state index in [1.807, 2.05) is 0 Å². The Morgan fingerprint density at radius 1 is 0.309 bits per heavy atom. The molecule has 0 spiro atoms. The van der Waals surface area contributed by atoms with Crippen LogP contribution in [0.4, 0.5) is 0 Å². The van der Waals surface area contributed by atoms with Crippen LogP contribution >= 0.6 is 0 Å². The molecule has 10 rings (SSSR count). The summed E-state index contributed by atoms with van der Waals surface area (Å²) >= 11 is 0. The molecule has 0 radical (unpaired) electrons. The van der Waals surface area contributed by atoms with Gasteiger partial charge in [0.05, 0.1) is 0 Å². The molecule has 0 aliphatic heterocycles. The van der Waals surface area contributed by atoms with Gasteiger partial charge in [0.1, 0.15) is 0 Å². The third-order valence-electron chi connectivity index (χ3n) is 11.5. The largest absolute Gasteiger partial charge is 0.341 e. The summed E-state index contributed by atoms with van der Waals surface area (Å²) in [5, 5.41) is 7.75. The van der Waals surface area contributed by atoms with Gasteiger partial charge in [0, 0.05) is 28.4 Å².